The zero-order chi connectivity index (χ0) is 12.5. The first-order chi connectivity index (χ1) is 7.21. The number of rotatable bonds is 1. The summed E-state index contributed by atoms with van der Waals surface area (Å²) in [5, 5.41) is 6.31. The number of nitrogens with zero attached hydrogens (tertiary/aromatic N) is 2. The van der Waals surface area contributed by atoms with Gasteiger partial charge >= 0.3 is 0 Å². The highest BCUT2D eigenvalue weighted by Crippen LogP contribution is 2.31. The van der Waals surface area contributed by atoms with Crippen LogP contribution in [0.15, 0.2) is 0 Å². The summed E-state index contributed by atoms with van der Waals surface area (Å²) in [6.07, 6.45) is 0. The molecule has 0 radical (unpaired) electrons. The van der Waals surface area contributed by atoms with Crippen molar-refractivity contribution in [2.45, 2.75) is 17.6 Å². The van der Waals surface area contributed by atoms with Crippen molar-refractivity contribution in [2.24, 2.45) is 0 Å². The van der Waals surface area contributed by atoms with Crippen LogP contribution < -0.4 is 5.32 Å². The van der Waals surface area contributed by atoms with Gasteiger partial charge in [0, 0.05) is 6.92 Å². The average Bonchev–Trinajstić information content (AvgIpc) is 2.46. The lowest BCUT2D eigenvalue weighted by molar-refractivity contribution is -0.115. The standard InChI is InChI=1S/C7H7Cl3N3O2P/c1-3-5(11-6(15)7(8,9)10)16-13(12-3)4(2)14/h1-2H3,(H,11,15). The molecule has 1 N–H and O–H groups in total. The van der Waals surface area contributed by atoms with Gasteiger partial charge in [-0.25, -0.2) is 0 Å². The van der Waals surface area contributed by atoms with Crippen LogP contribution in [0.5, 0.6) is 0 Å². The molecular weight excluding hydrogens is 295 g/mol. The minimum Gasteiger partial charge on any atom is -0.316 e. The topological polar surface area (TPSA) is 64.0 Å². The van der Waals surface area contributed by atoms with Gasteiger partial charge in [-0.2, -0.15) is 9.54 Å². The van der Waals surface area contributed by atoms with Crippen molar-refractivity contribution in [3.05, 3.63) is 5.69 Å². The molecule has 88 valence electrons. The lowest BCUT2D eigenvalue weighted by Gasteiger charge is -2.09. The first kappa shape index (κ1) is 13.7. The number of aromatic nitrogens is 2. The average molecular weight is 302 g/mol. The van der Waals surface area contributed by atoms with E-state index >= 15 is 0 Å². The van der Waals surface area contributed by atoms with Crippen LogP contribution in [0.3, 0.4) is 0 Å². The summed E-state index contributed by atoms with van der Waals surface area (Å²) in [7, 11) is 0.436. The predicted octanol–water partition coefficient (Wildman–Crippen LogP) is 2.74. The van der Waals surface area contributed by atoms with Crippen LogP contribution in [0.4, 0.5) is 5.42 Å². The molecule has 0 aliphatic carbocycles. The Kier molecular flexibility index (Phi) is 4.18. The van der Waals surface area contributed by atoms with E-state index in [0.717, 1.165) is 0 Å². The summed E-state index contributed by atoms with van der Waals surface area (Å²) in [6.45, 7) is 3.01. The number of carbonyl (C=O) groups excluding carboxylic acids is 2. The van der Waals surface area contributed by atoms with Crippen molar-refractivity contribution in [3.8, 4) is 0 Å². The van der Waals surface area contributed by atoms with Gasteiger partial charge < -0.3 is 5.32 Å². The van der Waals surface area contributed by atoms with Crippen LogP contribution in [0.2, 0.25) is 0 Å². The van der Waals surface area contributed by atoms with Gasteiger partial charge in [-0.15, -0.1) is 0 Å². The normalized spacial score (nSPS) is 11.8. The Morgan fingerprint density at radius 1 is 1.44 bits per heavy atom. The summed E-state index contributed by atoms with van der Waals surface area (Å²) in [5.74, 6) is -1.01. The Balaban J connectivity index is 2.90. The van der Waals surface area contributed by atoms with E-state index in [1.807, 2.05) is 0 Å². The third-order valence-electron chi connectivity index (χ3n) is 1.55. The maximum Gasteiger partial charge on any atom is 0.276 e. The number of hydrogen-bond acceptors (Lipinski definition) is 3. The van der Waals surface area contributed by atoms with Gasteiger partial charge in [-0.1, -0.05) is 34.8 Å². The summed E-state index contributed by atoms with van der Waals surface area (Å²) >= 11 is 16.2. The summed E-state index contributed by atoms with van der Waals surface area (Å²) in [6, 6.07) is 0. The minimum atomic E-state index is -2.04. The van der Waals surface area contributed by atoms with Gasteiger partial charge in [0.05, 0.1) is 14.0 Å². The van der Waals surface area contributed by atoms with E-state index in [2.05, 4.69) is 10.4 Å². The number of alkyl halides is 3. The Labute approximate surface area is 108 Å². The number of aryl methyl sites for hydroxylation is 1. The van der Waals surface area contributed by atoms with Crippen molar-refractivity contribution >= 4 is 60.4 Å². The highest BCUT2D eigenvalue weighted by molar-refractivity contribution is 7.31. The largest absolute Gasteiger partial charge is 0.316 e. The molecule has 0 unspecified atom stereocenters. The Morgan fingerprint density at radius 2 is 2.00 bits per heavy atom. The predicted molar refractivity (Wildman–Crippen MR) is 64.7 cm³/mol. The molecule has 1 heterocycles. The van der Waals surface area contributed by atoms with Crippen LogP contribution in [0.1, 0.15) is 17.4 Å². The number of amides is 1. The summed E-state index contributed by atoms with van der Waals surface area (Å²) in [5.41, 5.74) is 0.922. The molecule has 1 rings (SSSR count). The molecule has 0 fully saturated rings. The van der Waals surface area contributed by atoms with Gasteiger partial charge in [-0.05, 0) is 6.92 Å². The van der Waals surface area contributed by atoms with E-state index in [9.17, 15) is 9.59 Å². The van der Waals surface area contributed by atoms with Gasteiger partial charge in [0.2, 0.25) is 5.91 Å². The summed E-state index contributed by atoms with van der Waals surface area (Å²) < 4.78 is -0.851. The van der Waals surface area contributed by atoms with Gasteiger partial charge in [0.1, 0.15) is 5.42 Å². The van der Waals surface area contributed by atoms with Crippen molar-refractivity contribution < 1.29 is 9.59 Å². The molecule has 1 aromatic heterocycles. The molecule has 0 saturated heterocycles. The van der Waals surface area contributed by atoms with Gasteiger partial charge in [-0.3, -0.25) is 9.59 Å². The van der Waals surface area contributed by atoms with Crippen LogP contribution in [-0.4, -0.2) is 25.1 Å². The van der Waals surface area contributed by atoms with E-state index in [4.69, 9.17) is 34.8 Å². The lowest BCUT2D eigenvalue weighted by atomic mass is 10.5. The third kappa shape index (κ3) is 3.32. The Hall–Kier alpha value is -0.350. The number of halogens is 3. The van der Waals surface area contributed by atoms with E-state index < -0.39 is 9.70 Å². The second-order valence-corrected chi connectivity index (χ2v) is 6.20. The fraction of sp³-hybridized carbons (Fsp3) is 0.429. The SMILES string of the molecule is CC(=O)n1nc(C)c(NC(=O)C(Cl)(Cl)Cl)p1. The molecule has 0 aliphatic rings. The molecule has 1 aromatic rings. The van der Waals surface area contributed by atoms with E-state index in [0.29, 0.717) is 19.5 Å². The third-order valence-corrected chi connectivity index (χ3v) is 3.26. The zero-order valence-corrected chi connectivity index (χ0v) is 11.5. The van der Waals surface area contributed by atoms with Crippen molar-refractivity contribution in [1.82, 2.24) is 9.54 Å². The van der Waals surface area contributed by atoms with Crippen molar-refractivity contribution in [3.63, 3.8) is 0 Å². The molecular formula is C7H7Cl3N3O2P. The summed E-state index contributed by atoms with van der Waals surface area (Å²) in [4.78, 5) is 22.4. The molecule has 1 amide bonds. The van der Waals surface area contributed by atoms with Crippen LogP contribution in [0.25, 0.3) is 0 Å². The second kappa shape index (κ2) is 4.88. The molecule has 0 spiro atoms. The number of hydrogen-bond donors (Lipinski definition) is 1. The van der Waals surface area contributed by atoms with Crippen LogP contribution >= 0.6 is 43.2 Å². The highest BCUT2D eigenvalue weighted by Gasteiger charge is 2.31. The molecule has 0 aliphatic heterocycles. The van der Waals surface area contributed by atoms with Gasteiger partial charge in [0.15, 0.2) is 0 Å². The molecule has 0 saturated carbocycles. The van der Waals surface area contributed by atoms with Crippen molar-refractivity contribution in [1.29, 1.82) is 0 Å². The van der Waals surface area contributed by atoms with Crippen molar-refractivity contribution in [2.75, 3.05) is 5.32 Å². The molecule has 0 bridgehead atoms. The minimum absolute atomic E-state index is 0.237. The highest BCUT2D eigenvalue weighted by atomic mass is 35.6. The van der Waals surface area contributed by atoms with E-state index in [1.54, 1.807) is 6.92 Å². The monoisotopic (exact) mass is 301 g/mol. The molecule has 9 heteroatoms. The smallest absolute Gasteiger partial charge is 0.276 e. The van der Waals surface area contributed by atoms with Crippen LogP contribution in [-0.2, 0) is 4.79 Å². The Bertz CT molecular complexity index is 441. The first-order valence-electron chi connectivity index (χ1n) is 4.05. The maximum absolute atomic E-state index is 11.4. The number of nitrogens with one attached hydrogen (secondary N) is 1. The van der Waals surface area contributed by atoms with Crippen LogP contribution in [0, 0.1) is 6.92 Å². The van der Waals surface area contributed by atoms with E-state index in [1.165, 1.54) is 11.4 Å². The lowest BCUT2D eigenvalue weighted by Crippen LogP contribution is -2.26. The fourth-order valence-electron chi connectivity index (χ4n) is 0.814. The maximum atomic E-state index is 11.4. The fourth-order valence-corrected chi connectivity index (χ4v) is 1.81. The Morgan fingerprint density at radius 3 is 2.38 bits per heavy atom. The quantitative estimate of drug-likeness (QED) is 0.811. The first-order valence-corrected chi connectivity index (χ1v) is 6.03. The molecule has 0 atom stereocenters. The molecule has 0 aromatic carbocycles. The van der Waals surface area contributed by atoms with E-state index in [-0.39, 0.29) is 5.91 Å². The second-order valence-electron chi connectivity index (χ2n) is 2.89. The zero-order valence-electron chi connectivity index (χ0n) is 8.29. The molecule has 5 nitrogen and oxygen atoms in total. The van der Waals surface area contributed by atoms with Gasteiger partial charge in [0.25, 0.3) is 9.70 Å². The number of anilines is 1. The number of carbonyl (C=O) groups is 2. The molecule has 16 heavy (non-hydrogen) atoms.